The van der Waals surface area contributed by atoms with E-state index in [1.165, 1.54) is 4.90 Å². The van der Waals surface area contributed by atoms with E-state index < -0.39 is 14.3 Å². The smallest absolute Gasteiger partial charge is 0.323 e. The lowest BCUT2D eigenvalue weighted by atomic mass is 9.81. The van der Waals surface area contributed by atoms with Gasteiger partial charge in [0.2, 0.25) is 5.91 Å². The number of nitrogens with zero attached hydrogens (tertiary/aromatic N) is 1. The number of carboxylic acids is 1. The molecule has 1 aliphatic heterocycles. The van der Waals surface area contributed by atoms with E-state index in [0.29, 0.717) is 6.42 Å². The van der Waals surface area contributed by atoms with Gasteiger partial charge in [0.05, 0.1) is 18.1 Å². The Kier molecular flexibility index (Phi) is 5.47. The molecule has 124 valence electrons. The lowest BCUT2D eigenvalue weighted by Crippen LogP contribution is -2.66. The first-order valence-electron chi connectivity index (χ1n) is 7.56. The van der Waals surface area contributed by atoms with Gasteiger partial charge in [-0.1, -0.05) is 20.8 Å². The minimum absolute atomic E-state index is 0.0520. The summed E-state index contributed by atoms with van der Waals surface area (Å²) in [5, 5.41) is 8.95. The number of terminal acetylenes is 1. The zero-order valence-electron chi connectivity index (χ0n) is 14.3. The van der Waals surface area contributed by atoms with Crippen LogP contribution in [0.25, 0.3) is 0 Å². The van der Waals surface area contributed by atoms with Gasteiger partial charge >= 0.3 is 5.97 Å². The van der Waals surface area contributed by atoms with Crippen LogP contribution in [0.5, 0.6) is 0 Å². The normalized spacial score (nSPS) is 23.7. The molecule has 1 aliphatic rings. The molecular weight excluding hydrogens is 298 g/mol. The third-order valence-electron chi connectivity index (χ3n) is 4.81. The Balaban J connectivity index is 2.85. The molecule has 1 fully saturated rings. The fourth-order valence-corrected chi connectivity index (χ4v) is 3.99. The zero-order valence-corrected chi connectivity index (χ0v) is 15.3. The van der Waals surface area contributed by atoms with Crippen LogP contribution in [0.3, 0.4) is 0 Å². The second kappa shape index (κ2) is 6.43. The molecule has 0 unspecified atom stereocenters. The van der Waals surface area contributed by atoms with Crippen LogP contribution >= 0.6 is 0 Å². The molecule has 0 aromatic rings. The average molecular weight is 325 g/mol. The first kappa shape index (κ1) is 18.7. The van der Waals surface area contributed by atoms with E-state index in [4.69, 9.17) is 16.0 Å². The molecule has 0 bridgehead atoms. The molecule has 22 heavy (non-hydrogen) atoms. The third kappa shape index (κ3) is 3.71. The second-order valence-electron chi connectivity index (χ2n) is 7.44. The molecule has 1 rings (SSSR count). The highest BCUT2D eigenvalue weighted by Crippen LogP contribution is 2.40. The number of hydrogen-bond acceptors (Lipinski definition) is 3. The van der Waals surface area contributed by atoms with Gasteiger partial charge in [-0.2, -0.15) is 0 Å². The minimum Gasteiger partial charge on any atom is -0.480 e. The standard InChI is InChI=1S/C16H27NO4Si/c1-8-9-12-14(15(20)17(12)10-13(18)19)11(2)21-22(6,7)16(3,4)5/h1,11-12,14H,9-10H2,2-7H3,(H,18,19)/t11-,12-,14-/m1/s1. The maximum absolute atomic E-state index is 12.3. The van der Waals surface area contributed by atoms with E-state index >= 15 is 0 Å². The van der Waals surface area contributed by atoms with Crippen molar-refractivity contribution >= 4 is 20.2 Å². The van der Waals surface area contributed by atoms with Gasteiger partial charge in [0, 0.05) is 6.42 Å². The van der Waals surface area contributed by atoms with E-state index in [2.05, 4.69) is 39.8 Å². The molecule has 0 spiro atoms. The first-order valence-corrected chi connectivity index (χ1v) is 10.5. The predicted octanol–water partition coefficient (Wildman–Crippen LogP) is 2.33. The van der Waals surface area contributed by atoms with Crippen LogP contribution in [0, 0.1) is 18.3 Å². The molecular formula is C16H27NO4Si. The Morgan fingerprint density at radius 2 is 2.05 bits per heavy atom. The van der Waals surface area contributed by atoms with Crippen molar-refractivity contribution in [2.45, 2.75) is 64.4 Å². The Hall–Kier alpha value is -1.32. The number of carboxylic acid groups (broad SMARTS) is 1. The fourth-order valence-electron chi connectivity index (χ4n) is 2.56. The van der Waals surface area contributed by atoms with Crippen LogP contribution in [-0.2, 0) is 14.0 Å². The number of likely N-dealkylation sites (tertiary alicyclic amines) is 1. The van der Waals surface area contributed by atoms with Crippen LogP contribution in [-0.4, -0.2) is 48.9 Å². The van der Waals surface area contributed by atoms with Crippen LogP contribution < -0.4 is 0 Å². The van der Waals surface area contributed by atoms with Gasteiger partial charge in [0.1, 0.15) is 6.54 Å². The molecule has 6 heteroatoms. The average Bonchev–Trinajstić information content (AvgIpc) is 2.33. The molecule has 1 heterocycles. The fraction of sp³-hybridized carbons (Fsp3) is 0.750. The molecule has 0 saturated carbocycles. The van der Waals surface area contributed by atoms with Crippen molar-refractivity contribution in [2.75, 3.05) is 6.54 Å². The number of carbonyl (C=O) groups excluding carboxylic acids is 1. The van der Waals surface area contributed by atoms with Crippen molar-refractivity contribution in [2.24, 2.45) is 5.92 Å². The van der Waals surface area contributed by atoms with E-state index in [-0.39, 0.29) is 35.6 Å². The lowest BCUT2D eigenvalue weighted by Gasteiger charge is -2.50. The molecule has 0 aromatic carbocycles. The summed E-state index contributed by atoms with van der Waals surface area (Å²) in [5.41, 5.74) is 0. The Bertz CT molecular complexity index is 489. The highest BCUT2D eigenvalue weighted by atomic mass is 28.4. The first-order chi connectivity index (χ1) is 9.92. The SMILES string of the molecule is C#CC[C@@H]1[C@@H]([C@@H](C)O[Si](C)(C)C(C)(C)C)C(=O)N1CC(=O)O. The number of aliphatic carboxylic acids is 1. The predicted molar refractivity (Wildman–Crippen MR) is 87.8 cm³/mol. The third-order valence-corrected chi connectivity index (χ3v) is 9.38. The number of hydrogen-bond donors (Lipinski definition) is 1. The number of rotatable bonds is 6. The lowest BCUT2D eigenvalue weighted by molar-refractivity contribution is -0.168. The molecule has 1 amide bonds. The molecule has 5 nitrogen and oxygen atoms in total. The molecule has 0 radical (unpaired) electrons. The largest absolute Gasteiger partial charge is 0.480 e. The van der Waals surface area contributed by atoms with Gasteiger partial charge in [0.15, 0.2) is 8.32 Å². The van der Waals surface area contributed by atoms with Gasteiger partial charge in [-0.15, -0.1) is 12.3 Å². The quantitative estimate of drug-likeness (QED) is 0.462. The topological polar surface area (TPSA) is 66.8 Å². The maximum atomic E-state index is 12.3. The molecule has 0 aliphatic carbocycles. The van der Waals surface area contributed by atoms with Crippen molar-refractivity contribution in [3.63, 3.8) is 0 Å². The Morgan fingerprint density at radius 1 is 1.50 bits per heavy atom. The van der Waals surface area contributed by atoms with Crippen molar-refractivity contribution < 1.29 is 19.1 Å². The summed E-state index contributed by atoms with van der Waals surface area (Å²) < 4.78 is 6.28. The van der Waals surface area contributed by atoms with E-state index in [9.17, 15) is 9.59 Å². The maximum Gasteiger partial charge on any atom is 0.323 e. The number of amides is 1. The van der Waals surface area contributed by atoms with Gasteiger partial charge in [-0.05, 0) is 25.1 Å². The molecule has 3 atom stereocenters. The van der Waals surface area contributed by atoms with Crippen molar-refractivity contribution in [1.82, 2.24) is 4.90 Å². The van der Waals surface area contributed by atoms with Gasteiger partial charge < -0.3 is 14.4 Å². The molecule has 1 saturated heterocycles. The van der Waals surface area contributed by atoms with Crippen molar-refractivity contribution in [1.29, 1.82) is 0 Å². The number of β-lactam (4-membered cyclic amide) rings is 1. The highest BCUT2D eigenvalue weighted by Gasteiger charge is 2.52. The summed E-state index contributed by atoms with van der Waals surface area (Å²) in [6, 6.07) is -0.242. The van der Waals surface area contributed by atoms with Crippen LogP contribution in [0.2, 0.25) is 18.1 Å². The Morgan fingerprint density at radius 3 is 2.45 bits per heavy atom. The Labute approximate surface area is 134 Å². The summed E-state index contributed by atoms with van der Waals surface area (Å²) in [6.45, 7) is 12.3. The summed E-state index contributed by atoms with van der Waals surface area (Å²) in [4.78, 5) is 24.5. The summed E-state index contributed by atoms with van der Waals surface area (Å²) in [7, 11) is -1.99. The van der Waals surface area contributed by atoms with E-state index in [1.807, 2.05) is 6.92 Å². The molecule has 0 aromatic heterocycles. The van der Waals surface area contributed by atoms with Crippen LogP contribution in [0.4, 0.5) is 0 Å². The monoisotopic (exact) mass is 325 g/mol. The number of carbonyl (C=O) groups is 2. The zero-order chi connectivity index (χ0) is 17.3. The van der Waals surface area contributed by atoms with Gasteiger partial charge in [-0.3, -0.25) is 9.59 Å². The van der Waals surface area contributed by atoms with Crippen LogP contribution in [0.15, 0.2) is 0 Å². The summed E-state index contributed by atoms with van der Waals surface area (Å²) >= 11 is 0. The molecule has 1 N–H and O–H groups in total. The van der Waals surface area contributed by atoms with Crippen molar-refractivity contribution in [3.05, 3.63) is 0 Å². The highest BCUT2D eigenvalue weighted by molar-refractivity contribution is 6.74. The van der Waals surface area contributed by atoms with Gasteiger partial charge in [0.25, 0.3) is 0 Å². The minimum atomic E-state index is -1.99. The van der Waals surface area contributed by atoms with E-state index in [0.717, 1.165) is 0 Å². The second-order valence-corrected chi connectivity index (χ2v) is 12.2. The van der Waals surface area contributed by atoms with E-state index in [1.54, 1.807) is 0 Å². The summed E-state index contributed by atoms with van der Waals surface area (Å²) in [6.07, 6.45) is 5.47. The van der Waals surface area contributed by atoms with Crippen LogP contribution in [0.1, 0.15) is 34.1 Å². The van der Waals surface area contributed by atoms with Gasteiger partial charge in [-0.25, -0.2) is 0 Å². The summed E-state index contributed by atoms with van der Waals surface area (Å²) in [5.74, 6) is 1.00. The van der Waals surface area contributed by atoms with Crippen molar-refractivity contribution in [3.8, 4) is 12.3 Å².